The van der Waals surface area contributed by atoms with Crippen molar-refractivity contribution < 1.29 is 8.81 Å². The van der Waals surface area contributed by atoms with Crippen molar-refractivity contribution in [1.82, 2.24) is 10.2 Å². The largest absolute Gasteiger partial charge is 0.451 e. The molecule has 3 rings (SSSR count). The normalized spacial score (nSPS) is 22.0. The van der Waals surface area contributed by atoms with Gasteiger partial charge >= 0.3 is 0 Å². The maximum Gasteiger partial charge on any atom is 0.177 e. The Morgan fingerprint density at radius 3 is 2.88 bits per heavy atom. The molecule has 0 unspecified atom stereocenters. The van der Waals surface area contributed by atoms with Crippen LogP contribution in [0.5, 0.6) is 0 Å². The van der Waals surface area contributed by atoms with Crippen LogP contribution < -0.4 is 5.32 Å². The molecule has 0 amide bonds. The molecule has 3 heterocycles. The molecule has 0 aliphatic carbocycles. The van der Waals surface area contributed by atoms with Crippen molar-refractivity contribution in [1.29, 1.82) is 0 Å². The molecule has 2 aliphatic heterocycles. The first kappa shape index (κ1) is 17.5. The number of alkyl halides is 1. The van der Waals surface area contributed by atoms with Crippen molar-refractivity contribution in [3.05, 3.63) is 47.1 Å². The lowest BCUT2D eigenvalue weighted by Crippen LogP contribution is -2.33. The van der Waals surface area contributed by atoms with Gasteiger partial charge in [0.15, 0.2) is 5.76 Å². The third kappa shape index (κ3) is 4.61. The van der Waals surface area contributed by atoms with Gasteiger partial charge in [0.1, 0.15) is 17.8 Å². The molecule has 25 heavy (non-hydrogen) atoms. The fraction of sp³-hybridized carbons (Fsp3) is 0.450. The van der Waals surface area contributed by atoms with E-state index in [4.69, 9.17) is 4.42 Å². The van der Waals surface area contributed by atoms with Crippen molar-refractivity contribution in [3.8, 4) is 11.8 Å². The zero-order valence-corrected chi connectivity index (χ0v) is 14.8. The Bertz CT molecular complexity index is 755. The zero-order chi connectivity index (χ0) is 17.6. The Hall–Kier alpha value is -2.32. The predicted octanol–water partition coefficient (Wildman–Crippen LogP) is 3.42. The van der Waals surface area contributed by atoms with Crippen LogP contribution in [0.3, 0.4) is 0 Å². The maximum atomic E-state index is 13.2. The summed E-state index contributed by atoms with van der Waals surface area (Å²) in [4.78, 5) is 6.64. The lowest BCUT2D eigenvalue weighted by Gasteiger charge is -2.27. The molecular weight excluding hydrogens is 317 g/mol. The van der Waals surface area contributed by atoms with Crippen molar-refractivity contribution >= 4 is 5.84 Å². The highest BCUT2D eigenvalue weighted by Crippen LogP contribution is 2.17. The molecular formula is C20H24FN3O. The van der Waals surface area contributed by atoms with E-state index in [1.165, 1.54) is 0 Å². The standard InChI is InChI=1S/C20H24FN3O/c1-3-15-13-17(23-20(15)22-4-2)5-6-18-7-8-19(25-18)14-24-11-9-16(21)10-12-24/h3,7-8,13,16H,4,9-12,14H2,1-2H3,(H,22,23)/b15-3-. The van der Waals surface area contributed by atoms with Gasteiger partial charge in [-0.15, -0.1) is 0 Å². The van der Waals surface area contributed by atoms with E-state index in [-0.39, 0.29) is 0 Å². The maximum absolute atomic E-state index is 13.2. The molecule has 0 bridgehead atoms. The van der Waals surface area contributed by atoms with E-state index < -0.39 is 6.17 Å². The van der Waals surface area contributed by atoms with E-state index in [0.29, 0.717) is 25.1 Å². The van der Waals surface area contributed by atoms with Gasteiger partial charge in [-0.1, -0.05) is 6.08 Å². The molecule has 1 N–H and O–H groups in total. The monoisotopic (exact) mass is 341 g/mol. The number of likely N-dealkylation sites (tertiary alicyclic amines) is 1. The quantitative estimate of drug-likeness (QED) is 0.857. The average molecular weight is 341 g/mol. The number of nitrogens with one attached hydrogen (secondary N) is 1. The van der Waals surface area contributed by atoms with Crippen molar-refractivity contribution in [3.63, 3.8) is 0 Å². The number of hydrogen-bond donors (Lipinski definition) is 1. The second-order valence-electron chi connectivity index (χ2n) is 6.22. The summed E-state index contributed by atoms with van der Waals surface area (Å²) >= 11 is 0. The summed E-state index contributed by atoms with van der Waals surface area (Å²) in [5, 5.41) is 3.22. The zero-order valence-electron chi connectivity index (χ0n) is 14.8. The molecule has 132 valence electrons. The first-order chi connectivity index (χ1) is 12.2. The minimum atomic E-state index is -0.648. The van der Waals surface area contributed by atoms with E-state index >= 15 is 0 Å². The predicted molar refractivity (Wildman–Crippen MR) is 97.9 cm³/mol. The SMILES string of the molecule is C/C=C1/C=C(C#Cc2ccc(CN3CCC(F)CC3)o2)NC1=NCC. The molecule has 4 nitrogen and oxygen atoms in total. The molecule has 0 spiro atoms. The number of allylic oxidation sites excluding steroid dienone is 2. The molecule has 2 aliphatic rings. The number of piperidine rings is 1. The van der Waals surface area contributed by atoms with Crippen molar-refractivity contribution in [2.75, 3.05) is 19.6 Å². The van der Waals surface area contributed by atoms with E-state index in [1.54, 1.807) is 0 Å². The Balaban J connectivity index is 1.61. The molecule has 0 atom stereocenters. The minimum absolute atomic E-state index is 0.613. The van der Waals surface area contributed by atoms with Gasteiger partial charge in [-0.3, -0.25) is 9.89 Å². The van der Waals surface area contributed by atoms with Crippen LogP contribution in [0, 0.1) is 11.8 Å². The summed E-state index contributed by atoms with van der Waals surface area (Å²) in [7, 11) is 0. The van der Waals surface area contributed by atoms with E-state index in [1.807, 2.05) is 38.1 Å². The first-order valence-corrected chi connectivity index (χ1v) is 8.85. The Kier molecular flexibility index (Phi) is 5.72. The second-order valence-corrected chi connectivity index (χ2v) is 6.22. The van der Waals surface area contributed by atoms with Crippen LogP contribution in [0.25, 0.3) is 0 Å². The van der Waals surface area contributed by atoms with Gasteiger partial charge < -0.3 is 9.73 Å². The summed E-state index contributed by atoms with van der Waals surface area (Å²) in [5.74, 6) is 8.52. The average Bonchev–Trinajstić information content (AvgIpc) is 3.22. The topological polar surface area (TPSA) is 40.8 Å². The van der Waals surface area contributed by atoms with Crippen LogP contribution in [0.1, 0.15) is 38.2 Å². The highest BCUT2D eigenvalue weighted by molar-refractivity contribution is 6.05. The smallest absolute Gasteiger partial charge is 0.177 e. The highest BCUT2D eigenvalue weighted by Gasteiger charge is 2.19. The van der Waals surface area contributed by atoms with Crippen LogP contribution >= 0.6 is 0 Å². The number of nitrogens with zero attached hydrogens (tertiary/aromatic N) is 2. The van der Waals surface area contributed by atoms with Gasteiger partial charge in [0.2, 0.25) is 0 Å². The van der Waals surface area contributed by atoms with Gasteiger partial charge in [-0.05, 0) is 56.7 Å². The van der Waals surface area contributed by atoms with Gasteiger partial charge in [-0.2, -0.15) is 0 Å². The molecule has 1 aromatic heterocycles. The number of amidine groups is 1. The van der Waals surface area contributed by atoms with Crippen LogP contribution in [0.4, 0.5) is 4.39 Å². The van der Waals surface area contributed by atoms with Gasteiger partial charge in [0.25, 0.3) is 0 Å². The summed E-state index contributed by atoms with van der Waals surface area (Å²) in [6, 6.07) is 3.83. The first-order valence-electron chi connectivity index (χ1n) is 8.85. The molecule has 0 saturated carbocycles. The number of halogens is 1. The van der Waals surface area contributed by atoms with Crippen LogP contribution in [0.15, 0.2) is 45.0 Å². The van der Waals surface area contributed by atoms with Gasteiger partial charge in [0.05, 0.1) is 12.2 Å². The van der Waals surface area contributed by atoms with Crippen LogP contribution in [0.2, 0.25) is 0 Å². The van der Waals surface area contributed by atoms with Gasteiger partial charge in [0, 0.05) is 25.2 Å². The van der Waals surface area contributed by atoms with Crippen LogP contribution in [-0.4, -0.2) is 36.5 Å². The fourth-order valence-corrected chi connectivity index (χ4v) is 2.97. The number of aliphatic imine (C=N–C) groups is 1. The Labute approximate surface area is 148 Å². The van der Waals surface area contributed by atoms with E-state index in [0.717, 1.165) is 42.5 Å². The summed E-state index contributed by atoms with van der Waals surface area (Å²) in [5.41, 5.74) is 1.88. The van der Waals surface area contributed by atoms with E-state index in [2.05, 4.69) is 27.0 Å². The van der Waals surface area contributed by atoms with Crippen molar-refractivity contribution in [2.45, 2.75) is 39.4 Å². The summed E-state index contributed by atoms with van der Waals surface area (Å²) in [6.45, 7) is 7.00. The fourth-order valence-electron chi connectivity index (χ4n) is 2.97. The molecule has 5 heteroatoms. The highest BCUT2D eigenvalue weighted by atomic mass is 19.1. The second kappa shape index (κ2) is 8.17. The number of rotatable bonds is 3. The third-order valence-corrected chi connectivity index (χ3v) is 4.33. The number of hydrogen-bond acceptors (Lipinski definition) is 3. The Morgan fingerprint density at radius 2 is 2.16 bits per heavy atom. The van der Waals surface area contributed by atoms with Crippen LogP contribution in [-0.2, 0) is 6.54 Å². The summed E-state index contributed by atoms with van der Waals surface area (Å²) in [6.07, 6.45) is 4.59. The van der Waals surface area contributed by atoms with Crippen molar-refractivity contribution in [2.24, 2.45) is 4.99 Å². The third-order valence-electron chi connectivity index (χ3n) is 4.33. The molecule has 0 aromatic carbocycles. The lowest BCUT2D eigenvalue weighted by atomic mass is 10.1. The molecule has 1 aromatic rings. The molecule has 0 radical (unpaired) electrons. The number of furan rings is 1. The Morgan fingerprint density at radius 1 is 1.36 bits per heavy atom. The van der Waals surface area contributed by atoms with E-state index in [9.17, 15) is 4.39 Å². The minimum Gasteiger partial charge on any atom is -0.451 e. The van der Waals surface area contributed by atoms with Gasteiger partial charge in [-0.25, -0.2) is 4.39 Å². The molecule has 1 fully saturated rings. The molecule has 1 saturated heterocycles. The summed E-state index contributed by atoms with van der Waals surface area (Å²) < 4.78 is 19.0. The lowest BCUT2D eigenvalue weighted by molar-refractivity contribution is 0.138.